The molecule has 1 aromatic heterocycles. The Balaban J connectivity index is 2.39. The Labute approximate surface area is 106 Å². The van der Waals surface area contributed by atoms with Gasteiger partial charge in [0.05, 0.1) is 12.4 Å². The molecule has 0 atom stereocenters. The molecule has 5 nitrogen and oxygen atoms in total. The van der Waals surface area contributed by atoms with Crippen LogP contribution in [0.3, 0.4) is 0 Å². The van der Waals surface area contributed by atoms with E-state index in [-0.39, 0.29) is 11.3 Å². The van der Waals surface area contributed by atoms with Crippen molar-refractivity contribution in [3.63, 3.8) is 0 Å². The highest BCUT2D eigenvalue weighted by Gasteiger charge is 2.16. The molecule has 1 heterocycles. The average molecular weight is 297 g/mol. The molecule has 0 saturated heterocycles. The largest absolute Gasteiger partial charge is 0.478 e. The molecule has 0 aliphatic rings. The van der Waals surface area contributed by atoms with Gasteiger partial charge in [-0.05, 0) is 28.1 Å². The minimum Gasteiger partial charge on any atom is -0.478 e. The number of hydrogen-bond acceptors (Lipinski definition) is 3. The maximum atomic E-state index is 11.1. The van der Waals surface area contributed by atoms with Gasteiger partial charge in [-0.1, -0.05) is 6.07 Å². The van der Waals surface area contributed by atoms with Crippen LogP contribution in [0.15, 0.2) is 35.1 Å². The van der Waals surface area contributed by atoms with Crippen molar-refractivity contribution in [1.82, 2.24) is 9.78 Å². The molecule has 88 valence electrons. The topological polar surface area (TPSA) is 64.3 Å². The third-order valence-corrected chi connectivity index (χ3v) is 2.76. The number of rotatable bonds is 3. The van der Waals surface area contributed by atoms with E-state index in [4.69, 9.17) is 9.84 Å². The Kier molecular flexibility index (Phi) is 3.14. The maximum absolute atomic E-state index is 11.1. The summed E-state index contributed by atoms with van der Waals surface area (Å²) < 4.78 is 7.53. The predicted octanol–water partition coefficient (Wildman–Crippen LogP) is 2.67. The van der Waals surface area contributed by atoms with Crippen LogP contribution in [0, 0.1) is 0 Å². The number of nitrogens with zero attached hydrogens (tertiary/aromatic N) is 2. The quantitative estimate of drug-likeness (QED) is 0.946. The van der Waals surface area contributed by atoms with E-state index < -0.39 is 5.97 Å². The fourth-order valence-corrected chi connectivity index (χ4v) is 1.89. The van der Waals surface area contributed by atoms with Crippen LogP contribution in [0.2, 0.25) is 0 Å². The Hall–Kier alpha value is -1.82. The molecule has 6 heteroatoms. The Morgan fingerprint density at radius 1 is 1.53 bits per heavy atom. The first kappa shape index (κ1) is 11.7. The fourth-order valence-electron chi connectivity index (χ4n) is 1.38. The highest BCUT2D eigenvalue weighted by Crippen LogP contribution is 2.30. The second kappa shape index (κ2) is 4.58. The molecule has 0 saturated carbocycles. The molecule has 0 unspecified atom stereocenters. The smallest absolute Gasteiger partial charge is 0.340 e. The number of carboxylic acids is 1. The number of carbonyl (C=O) groups is 1. The molecule has 0 aliphatic heterocycles. The molecular formula is C11H9BrN2O3. The zero-order chi connectivity index (χ0) is 12.4. The number of carboxylic acid groups (broad SMARTS) is 1. The van der Waals surface area contributed by atoms with Crippen LogP contribution >= 0.6 is 15.9 Å². The van der Waals surface area contributed by atoms with Gasteiger partial charge in [0, 0.05) is 11.5 Å². The number of aromatic nitrogens is 2. The van der Waals surface area contributed by atoms with Gasteiger partial charge >= 0.3 is 5.97 Å². The summed E-state index contributed by atoms with van der Waals surface area (Å²) in [4.78, 5) is 11.1. The van der Waals surface area contributed by atoms with Crippen LogP contribution in [0.4, 0.5) is 0 Å². The third-order valence-electron chi connectivity index (χ3n) is 2.10. The van der Waals surface area contributed by atoms with Gasteiger partial charge in [0.2, 0.25) is 0 Å². The van der Waals surface area contributed by atoms with Crippen molar-refractivity contribution in [3.8, 4) is 11.5 Å². The molecule has 0 aliphatic carbocycles. The normalized spacial score (nSPS) is 10.2. The minimum atomic E-state index is -1.05. The van der Waals surface area contributed by atoms with Crippen molar-refractivity contribution in [2.24, 2.45) is 7.05 Å². The number of benzene rings is 1. The second-order valence-corrected chi connectivity index (χ2v) is 4.22. The first-order valence-electron chi connectivity index (χ1n) is 4.76. The lowest BCUT2D eigenvalue weighted by Gasteiger charge is -2.07. The molecule has 0 amide bonds. The Bertz CT molecular complexity index is 566. The van der Waals surface area contributed by atoms with E-state index in [1.807, 2.05) is 0 Å². The standard InChI is InChI=1S/C11H9BrN2O3/c1-14-6-7(5-13-14)17-9-4-2-3-8(12)10(9)11(15)16/h2-6H,1H3,(H,15,16). The number of halogens is 1. The van der Waals surface area contributed by atoms with E-state index in [0.29, 0.717) is 10.2 Å². The van der Waals surface area contributed by atoms with E-state index in [1.165, 1.54) is 6.20 Å². The van der Waals surface area contributed by atoms with Gasteiger partial charge < -0.3 is 9.84 Å². The van der Waals surface area contributed by atoms with E-state index in [0.717, 1.165) is 0 Å². The van der Waals surface area contributed by atoms with Crippen LogP contribution in [0.1, 0.15) is 10.4 Å². The molecule has 0 fully saturated rings. The molecule has 17 heavy (non-hydrogen) atoms. The first-order chi connectivity index (χ1) is 8.08. The minimum absolute atomic E-state index is 0.0938. The van der Waals surface area contributed by atoms with Crippen LogP contribution in [0.25, 0.3) is 0 Å². The van der Waals surface area contributed by atoms with E-state index in [1.54, 1.807) is 36.1 Å². The molecule has 2 aromatic rings. The van der Waals surface area contributed by atoms with Crippen molar-refractivity contribution in [2.75, 3.05) is 0 Å². The van der Waals surface area contributed by atoms with Crippen LogP contribution in [-0.2, 0) is 7.05 Å². The monoisotopic (exact) mass is 296 g/mol. The summed E-state index contributed by atoms with van der Waals surface area (Å²) in [5.41, 5.74) is 0.0938. The fraction of sp³-hybridized carbons (Fsp3) is 0.0909. The predicted molar refractivity (Wildman–Crippen MR) is 64.4 cm³/mol. The number of hydrogen-bond donors (Lipinski definition) is 1. The number of aryl methyl sites for hydroxylation is 1. The first-order valence-corrected chi connectivity index (χ1v) is 5.55. The maximum Gasteiger partial charge on any atom is 0.340 e. The zero-order valence-electron chi connectivity index (χ0n) is 8.92. The van der Waals surface area contributed by atoms with Crippen LogP contribution < -0.4 is 4.74 Å². The molecule has 1 N–H and O–H groups in total. The van der Waals surface area contributed by atoms with Crippen LogP contribution in [-0.4, -0.2) is 20.9 Å². The molecule has 2 rings (SSSR count). The van der Waals surface area contributed by atoms with Gasteiger partial charge in [-0.15, -0.1) is 0 Å². The average Bonchev–Trinajstić information content (AvgIpc) is 2.63. The van der Waals surface area contributed by atoms with Crippen molar-refractivity contribution < 1.29 is 14.6 Å². The summed E-state index contributed by atoms with van der Waals surface area (Å²) >= 11 is 3.18. The highest BCUT2D eigenvalue weighted by molar-refractivity contribution is 9.10. The lowest BCUT2D eigenvalue weighted by molar-refractivity contribution is 0.0693. The second-order valence-electron chi connectivity index (χ2n) is 3.37. The van der Waals surface area contributed by atoms with Crippen LogP contribution in [0.5, 0.6) is 11.5 Å². The van der Waals surface area contributed by atoms with Crippen molar-refractivity contribution in [2.45, 2.75) is 0 Å². The molecule has 0 spiro atoms. The molecular weight excluding hydrogens is 288 g/mol. The number of aromatic carboxylic acids is 1. The van der Waals surface area contributed by atoms with Gasteiger partial charge in [0.15, 0.2) is 5.75 Å². The van der Waals surface area contributed by atoms with Gasteiger partial charge in [-0.25, -0.2) is 4.79 Å². The van der Waals surface area contributed by atoms with Crippen molar-refractivity contribution >= 4 is 21.9 Å². The SMILES string of the molecule is Cn1cc(Oc2cccc(Br)c2C(=O)O)cn1. The van der Waals surface area contributed by atoms with Gasteiger partial charge in [0.25, 0.3) is 0 Å². The van der Waals surface area contributed by atoms with E-state index >= 15 is 0 Å². The van der Waals surface area contributed by atoms with Gasteiger partial charge in [-0.3, -0.25) is 4.68 Å². The summed E-state index contributed by atoms with van der Waals surface area (Å²) in [6, 6.07) is 4.96. The van der Waals surface area contributed by atoms with Gasteiger partial charge in [0.1, 0.15) is 11.3 Å². The summed E-state index contributed by atoms with van der Waals surface area (Å²) in [6.45, 7) is 0. The zero-order valence-corrected chi connectivity index (χ0v) is 10.5. The van der Waals surface area contributed by atoms with Crippen molar-refractivity contribution in [3.05, 3.63) is 40.6 Å². The summed E-state index contributed by atoms with van der Waals surface area (Å²) in [5.74, 6) is -0.274. The van der Waals surface area contributed by atoms with E-state index in [2.05, 4.69) is 21.0 Å². The van der Waals surface area contributed by atoms with Crippen molar-refractivity contribution in [1.29, 1.82) is 0 Å². The third kappa shape index (κ3) is 2.47. The molecule has 0 bridgehead atoms. The lowest BCUT2D eigenvalue weighted by atomic mass is 10.2. The summed E-state index contributed by atoms with van der Waals surface area (Å²) in [5, 5.41) is 13.0. The number of ether oxygens (including phenoxy) is 1. The molecule has 1 aromatic carbocycles. The lowest BCUT2D eigenvalue weighted by Crippen LogP contribution is -2.01. The highest BCUT2D eigenvalue weighted by atomic mass is 79.9. The summed E-state index contributed by atoms with van der Waals surface area (Å²) in [6.07, 6.45) is 3.18. The molecule has 0 radical (unpaired) electrons. The Morgan fingerprint density at radius 2 is 2.29 bits per heavy atom. The summed E-state index contributed by atoms with van der Waals surface area (Å²) in [7, 11) is 1.76. The Morgan fingerprint density at radius 3 is 2.88 bits per heavy atom. The van der Waals surface area contributed by atoms with E-state index in [9.17, 15) is 4.79 Å². The van der Waals surface area contributed by atoms with Gasteiger partial charge in [-0.2, -0.15) is 5.10 Å².